The fraction of sp³-hybridized carbons (Fsp3) is 0.269. The van der Waals surface area contributed by atoms with Crippen LogP contribution in [0.25, 0.3) is 11.1 Å². The monoisotopic (exact) mass is 454 g/mol. The second kappa shape index (κ2) is 7.92. The molecule has 1 aliphatic carbocycles. The van der Waals surface area contributed by atoms with Crippen molar-refractivity contribution in [2.75, 3.05) is 6.79 Å². The minimum absolute atomic E-state index is 0.0194. The number of aliphatic hydroxyl groups excluding tert-OH is 1. The van der Waals surface area contributed by atoms with E-state index < -0.39 is 17.2 Å². The molecule has 2 aliphatic rings. The van der Waals surface area contributed by atoms with Crippen molar-refractivity contribution in [2.45, 2.75) is 37.5 Å². The van der Waals surface area contributed by atoms with Crippen molar-refractivity contribution >= 4 is 5.78 Å². The molecule has 3 aromatic rings. The van der Waals surface area contributed by atoms with Gasteiger partial charge in [0.15, 0.2) is 11.5 Å². The number of alkyl halides is 3. The Labute approximate surface area is 188 Å². The maximum Gasteiger partial charge on any atom is 0.417 e. The third-order valence-electron chi connectivity index (χ3n) is 6.38. The Morgan fingerprint density at radius 2 is 1.73 bits per heavy atom. The number of benzene rings is 3. The van der Waals surface area contributed by atoms with E-state index >= 15 is 0 Å². The molecule has 7 heteroatoms. The van der Waals surface area contributed by atoms with E-state index in [4.69, 9.17) is 9.47 Å². The van der Waals surface area contributed by atoms with E-state index in [1.54, 1.807) is 36.4 Å². The standard InChI is InChI=1S/C26H21F3O4/c27-26(28,29)21-11-16(4-6-20(21)18-3-1-2-17(10-18)14-30)12-24(31)25(8-9-25)19-5-7-22-23(13-19)33-15-32-22/h1-7,10-11,13,30H,8-9,12,14-15H2. The highest BCUT2D eigenvalue weighted by Gasteiger charge is 2.51. The van der Waals surface area contributed by atoms with Crippen molar-refractivity contribution in [3.63, 3.8) is 0 Å². The number of rotatable bonds is 6. The van der Waals surface area contributed by atoms with Gasteiger partial charge in [-0.3, -0.25) is 4.79 Å². The lowest BCUT2D eigenvalue weighted by Crippen LogP contribution is -2.22. The number of hydrogen-bond donors (Lipinski definition) is 1. The van der Waals surface area contributed by atoms with Crippen molar-refractivity contribution < 1.29 is 32.5 Å². The van der Waals surface area contributed by atoms with Crippen LogP contribution in [0.3, 0.4) is 0 Å². The van der Waals surface area contributed by atoms with E-state index in [1.165, 1.54) is 12.1 Å². The van der Waals surface area contributed by atoms with Crippen LogP contribution < -0.4 is 9.47 Å². The van der Waals surface area contributed by atoms with Crippen LogP contribution in [0.4, 0.5) is 13.2 Å². The molecule has 0 amide bonds. The predicted octanol–water partition coefficient (Wildman–Crippen LogP) is 5.44. The molecular weight excluding hydrogens is 433 g/mol. The van der Waals surface area contributed by atoms with Gasteiger partial charge in [0.1, 0.15) is 5.78 Å². The third kappa shape index (κ3) is 3.97. The van der Waals surface area contributed by atoms with Crippen molar-refractivity contribution in [1.29, 1.82) is 0 Å². The van der Waals surface area contributed by atoms with E-state index in [0.717, 1.165) is 11.6 Å². The van der Waals surface area contributed by atoms with Crippen molar-refractivity contribution in [2.24, 2.45) is 0 Å². The fourth-order valence-corrected chi connectivity index (χ4v) is 4.43. The van der Waals surface area contributed by atoms with E-state index in [0.29, 0.717) is 41.0 Å². The molecule has 1 saturated carbocycles. The second-order valence-electron chi connectivity index (χ2n) is 8.49. The van der Waals surface area contributed by atoms with Crippen LogP contribution in [-0.2, 0) is 29.4 Å². The highest BCUT2D eigenvalue weighted by molar-refractivity contribution is 5.95. The Kier molecular flexibility index (Phi) is 5.16. The molecule has 1 aliphatic heterocycles. The molecule has 0 unspecified atom stereocenters. The summed E-state index contributed by atoms with van der Waals surface area (Å²) in [6, 6.07) is 15.8. The SMILES string of the molecule is O=C(Cc1ccc(-c2cccc(CO)c2)c(C(F)(F)F)c1)C1(c2ccc3c(c2)OCO3)CC1. The lowest BCUT2D eigenvalue weighted by molar-refractivity contribution is -0.137. The van der Waals surface area contributed by atoms with Crippen LogP contribution in [0.1, 0.15) is 35.1 Å². The van der Waals surface area contributed by atoms with Crippen LogP contribution >= 0.6 is 0 Å². The van der Waals surface area contributed by atoms with Crippen LogP contribution in [0.15, 0.2) is 60.7 Å². The maximum atomic E-state index is 13.9. The Hall–Kier alpha value is -3.32. The summed E-state index contributed by atoms with van der Waals surface area (Å²) in [5.74, 6) is 1.10. The zero-order chi connectivity index (χ0) is 23.2. The zero-order valence-electron chi connectivity index (χ0n) is 17.6. The van der Waals surface area contributed by atoms with Gasteiger partial charge in [-0.25, -0.2) is 0 Å². The minimum atomic E-state index is -4.59. The van der Waals surface area contributed by atoms with Gasteiger partial charge in [-0.2, -0.15) is 13.2 Å². The summed E-state index contributed by atoms with van der Waals surface area (Å²) in [5.41, 5.74) is 0.562. The van der Waals surface area contributed by atoms with Crippen molar-refractivity contribution in [3.05, 3.63) is 82.9 Å². The van der Waals surface area contributed by atoms with Gasteiger partial charge in [0.25, 0.3) is 0 Å². The van der Waals surface area contributed by atoms with E-state index in [9.17, 15) is 23.1 Å². The molecule has 0 atom stereocenters. The van der Waals surface area contributed by atoms with Gasteiger partial charge >= 0.3 is 6.18 Å². The summed E-state index contributed by atoms with van der Waals surface area (Å²) in [5, 5.41) is 9.33. The largest absolute Gasteiger partial charge is 0.454 e. The number of fused-ring (bicyclic) bond motifs is 1. The lowest BCUT2D eigenvalue weighted by Gasteiger charge is -2.18. The Morgan fingerprint density at radius 1 is 0.939 bits per heavy atom. The number of halogens is 3. The topological polar surface area (TPSA) is 55.8 Å². The molecule has 1 N–H and O–H groups in total. The average molecular weight is 454 g/mol. The summed E-state index contributed by atoms with van der Waals surface area (Å²) in [7, 11) is 0. The third-order valence-corrected chi connectivity index (χ3v) is 6.38. The number of aliphatic hydroxyl groups is 1. The summed E-state index contributed by atoms with van der Waals surface area (Å²) in [4.78, 5) is 13.2. The molecule has 3 aromatic carbocycles. The molecule has 0 radical (unpaired) electrons. The summed E-state index contributed by atoms with van der Waals surface area (Å²) < 4.78 is 52.5. The quantitative estimate of drug-likeness (QED) is 0.539. The van der Waals surface area contributed by atoms with E-state index in [-0.39, 0.29) is 31.2 Å². The van der Waals surface area contributed by atoms with Crippen molar-refractivity contribution in [1.82, 2.24) is 0 Å². The number of ketones is 1. The fourth-order valence-electron chi connectivity index (χ4n) is 4.43. The van der Waals surface area contributed by atoms with E-state index in [1.807, 2.05) is 6.07 Å². The summed E-state index contributed by atoms with van der Waals surface area (Å²) in [6.07, 6.45) is -3.36. The van der Waals surface area contributed by atoms with Gasteiger partial charge in [-0.15, -0.1) is 0 Å². The first-order chi connectivity index (χ1) is 15.8. The smallest absolute Gasteiger partial charge is 0.417 e. The number of hydrogen-bond acceptors (Lipinski definition) is 4. The molecule has 5 rings (SSSR count). The average Bonchev–Trinajstić information content (AvgIpc) is 3.49. The second-order valence-corrected chi connectivity index (χ2v) is 8.49. The van der Waals surface area contributed by atoms with Crippen LogP contribution in [0.5, 0.6) is 11.5 Å². The normalized spacial score (nSPS) is 16.0. The molecule has 33 heavy (non-hydrogen) atoms. The molecule has 0 bridgehead atoms. The van der Waals surface area contributed by atoms with Crippen LogP contribution in [0, 0.1) is 0 Å². The number of carbonyl (C=O) groups excluding carboxylic acids is 1. The molecular formula is C26H21F3O4. The Bertz CT molecular complexity index is 1230. The predicted molar refractivity (Wildman–Crippen MR) is 115 cm³/mol. The molecule has 4 nitrogen and oxygen atoms in total. The highest BCUT2D eigenvalue weighted by Crippen LogP contribution is 2.51. The molecule has 1 heterocycles. The van der Waals surface area contributed by atoms with E-state index in [2.05, 4.69) is 0 Å². The maximum absolute atomic E-state index is 13.9. The Morgan fingerprint density at radius 3 is 2.45 bits per heavy atom. The lowest BCUT2D eigenvalue weighted by atomic mass is 9.86. The molecule has 0 saturated heterocycles. The first-order valence-electron chi connectivity index (χ1n) is 10.6. The van der Waals surface area contributed by atoms with Crippen LogP contribution in [-0.4, -0.2) is 17.7 Å². The van der Waals surface area contributed by atoms with Crippen LogP contribution in [0.2, 0.25) is 0 Å². The summed E-state index contributed by atoms with van der Waals surface area (Å²) in [6.45, 7) is -0.128. The van der Waals surface area contributed by atoms with Gasteiger partial charge in [0.2, 0.25) is 6.79 Å². The highest BCUT2D eigenvalue weighted by atomic mass is 19.4. The first-order valence-corrected chi connectivity index (χ1v) is 10.6. The molecule has 0 spiro atoms. The molecule has 0 aromatic heterocycles. The molecule has 170 valence electrons. The number of Topliss-reactive ketones (excluding diaryl/α,β-unsaturated/α-hetero) is 1. The van der Waals surface area contributed by atoms with Gasteiger partial charge < -0.3 is 14.6 Å². The summed E-state index contributed by atoms with van der Waals surface area (Å²) >= 11 is 0. The van der Waals surface area contributed by atoms with Gasteiger partial charge in [0, 0.05) is 6.42 Å². The minimum Gasteiger partial charge on any atom is -0.454 e. The first kappa shape index (κ1) is 21.5. The van der Waals surface area contributed by atoms with Gasteiger partial charge in [0.05, 0.1) is 17.6 Å². The van der Waals surface area contributed by atoms with Crippen molar-refractivity contribution in [3.8, 4) is 22.6 Å². The van der Waals surface area contributed by atoms with Gasteiger partial charge in [-0.05, 0) is 64.9 Å². The zero-order valence-corrected chi connectivity index (χ0v) is 17.6. The number of ether oxygens (including phenoxy) is 2. The molecule has 1 fully saturated rings. The van der Waals surface area contributed by atoms with Gasteiger partial charge in [-0.1, -0.05) is 36.4 Å². The number of carbonyl (C=O) groups is 1. The Balaban J connectivity index is 1.44.